The number of hydrogen-bond donors (Lipinski definition) is 1. The van der Waals surface area contributed by atoms with Gasteiger partial charge in [0.15, 0.2) is 5.79 Å². The van der Waals surface area contributed by atoms with Crippen molar-refractivity contribution in [2.75, 3.05) is 65.6 Å². The SMILES string of the molecule is CC1CCCN(CCCNC(=O)C2CCN(S(=O)(=O)N3CCC4(CC3)OCCO4)CC2)C1. The lowest BCUT2D eigenvalue weighted by Crippen LogP contribution is -2.53. The Bertz CT molecular complexity index is 725. The van der Waals surface area contributed by atoms with Gasteiger partial charge < -0.3 is 19.7 Å². The van der Waals surface area contributed by atoms with E-state index in [0.29, 0.717) is 71.6 Å². The molecule has 1 spiro atoms. The Hall–Kier alpha value is -0.780. The highest BCUT2D eigenvalue weighted by molar-refractivity contribution is 7.86. The summed E-state index contributed by atoms with van der Waals surface area (Å²) in [4.78, 5) is 15.1. The van der Waals surface area contributed by atoms with Crippen LogP contribution in [0.2, 0.25) is 0 Å². The van der Waals surface area contributed by atoms with Crippen LogP contribution in [-0.2, 0) is 24.5 Å². The predicted octanol–water partition coefficient (Wildman–Crippen LogP) is 1.02. The smallest absolute Gasteiger partial charge is 0.281 e. The van der Waals surface area contributed by atoms with Crippen LogP contribution in [0.4, 0.5) is 0 Å². The first-order chi connectivity index (χ1) is 15.4. The van der Waals surface area contributed by atoms with Crippen LogP contribution in [0, 0.1) is 11.8 Å². The highest BCUT2D eigenvalue weighted by Gasteiger charge is 2.44. The van der Waals surface area contributed by atoms with Crippen molar-refractivity contribution in [1.82, 2.24) is 18.8 Å². The molecule has 184 valence electrons. The molecule has 4 heterocycles. The summed E-state index contributed by atoms with van der Waals surface area (Å²) in [6.07, 6.45) is 5.87. The minimum Gasteiger partial charge on any atom is -0.356 e. The third-order valence-corrected chi connectivity index (χ3v) is 9.50. The largest absolute Gasteiger partial charge is 0.356 e. The highest BCUT2D eigenvalue weighted by atomic mass is 32.2. The Morgan fingerprint density at radius 1 is 1.00 bits per heavy atom. The Morgan fingerprint density at radius 3 is 2.31 bits per heavy atom. The second-order valence-electron chi connectivity index (χ2n) is 9.88. The molecule has 0 aromatic carbocycles. The van der Waals surface area contributed by atoms with Crippen molar-refractivity contribution in [3.8, 4) is 0 Å². The van der Waals surface area contributed by atoms with E-state index in [1.54, 1.807) is 8.61 Å². The summed E-state index contributed by atoms with van der Waals surface area (Å²) in [7, 11) is -3.50. The van der Waals surface area contributed by atoms with Crippen LogP contribution in [0.5, 0.6) is 0 Å². The number of nitrogens with zero attached hydrogens (tertiary/aromatic N) is 3. The number of likely N-dealkylation sites (tertiary alicyclic amines) is 1. The number of rotatable bonds is 7. The van der Waals surface area contributed by atoms with E-state index in [2.05, 4.69) is 17.1 Å². The molecule has 4 fully saturated rings. The molecule has 0 bridgehead atoms. The number of hydrogen-bond acceptors (Lipinski definition) is 6. The fraction of sp³-hybridized carbons (Fsp3) is 0.955. The van der Waals surface area contributed by atoms with E-state index in [0.717, 1.165) is 18.9 Å². The van der Waals surface area contributed by atoms with Gasteiger partial charge in [0, 0.05) is 58.0 Å². The maximum absolute atomic E-state index is 13.1. The average Bonchev–Trinajstić information content (AvgIpc) is 3.25. The first-order valence-corrected chi connectivity index (χ1v) is 13.8. The van der Waals surface area contributed by atoms with Crippen molar-refractivity contribution in [3.63, 3.8) is 0 Å². The summed E-state index contributed by atoms with van der Waals surface area (Å²) < 4.78 is 40.6. The fourth-order valence-electron chi connectivity index (χ4n) is 5.50. The molecule has 1 amide bonds. The van der Waals surface area contributed by atoms with Gasteiger partial charge in [0.05, 0.1) is 13.2 Å². The molecule has 1 unspecified atom stereocenters. The molecule has 0 aromatic rings. The van der Waals surface area contributed by atoms with Crippen LogP contribution >= 0.6 is 0 Å². The van der Waals surface area contributed by atoms with E-state index in [1.807, 2.05) is 0 Å². The van der Waals surface area contributed by atoms with Gasteiger partial charge in [-0.25, -0.2) is 0 Å². The van der Waals surface area contributed by atoms with Gasteiger partial charge in [-0.05, 0) is 51.1 Å². The van der Waals surface area contributed by atoms with Crippen molar-refractivity contribution in [2.24, 2.45) is 11.8 Å². The molecule has 9 nitrogen and oxygen atoms in total. The van der Waals surface area contributed by atoms with Crippen molar-refractivity contribution < 1.29 is 22.7 Å². The second kappa shape index (κ2) is 10.7. The molecule has 1 atom stereocenters. The van der Waals surface area contributed by atoms with E-state index in [9.17, 15) is 13.2 Å². The zero-order valence-corrected chi connectivity index (χ0v) is 20.3. The van der Waals surface area contributed by atoms with Crippen molar-refractivity contribution in [1.29, 1.82) is 0 Å². The molecule has 4 aliphatic heterocycles. The lowest BCUT2D eigenvalue weighted by Gasteiger charge is -2.40. The standard InChI is InChI=1S/C22H40N4O5S/c1-19-4-2-10-24(18-19)11-3-9-23-21(27)20-5-12-25(13-6-20)32(28,29)26-14-7-22(8-15-26)30-16-17-31-22/h19-20H,2-18H2,1H3,(H,23,27). The number of amides is 1. The van der Waals surface area contributed by atoms with Gasteiger partial charge >= 0.3 is 0 Å². The molecule has 0 radical (unpaired) electrons. The van der Waals surface area contributed by atoms with E-state index in [4.69, 9.17) is 9.47 Å². The zero-order valence-electron chi connectivity index (χ0n) is 19.5. The number of carbonyl (C=O) groups is 1. The van der Waals surface area contributed by atoms with Crippen LogP contribution in [0.15, 0.2) is 0 Å². The first-order valence-electron chi connectivity index (χ1n) is 12.4. The Kier molecular flexibility index (Phi) is 8.10. The van der Waals surface area contributed by atoms with E-state index in [-0.39, 0.29) is 11.8 Å². The molecule has 4 rings (SSSR count). The van der Waals surface area contributed by atoms with Gasteiger partial charge in [-0.15, -0.1) is 0 Å². The quantitative estimate of drug-likeness (QED) is 0.557. The average molecular weight is 473 g/mol. The van der Waals surface area contributed by atoms with E-state index in [1.165, 1.54) is 25.9 Å². The molecular formula is C22H40N4O5S. The normalized spacial score (nSPS) is 28.8. The molecule has 10 heteroatoms. The van der Waals surface area contributed by atoms with Gasteiger partial charge in [-0.1, -0.05) is 6.92 Å². The molecule has 0 aromatic heterocycles. The Balaban J connectivity index is 1.15. The van der Waals surface area contributed by atoms with Gasteiger partial charge in [-0.2, -0.15) is 17.0 Å². The zero-order chi connectivity index (χ0) is 22.6. The van der Waals surface area contributed by atoms with Gasteiger partial charge in [0.2, 0.25) is 5.91 Å². The third-order valence-electron chi connectivity index (χ3n) is 7.47. The summed E-state index contributed by atoms with van der Waals surface area (Å²) >= 11 is 0. The lowest BCUT2D eigenvalue weighted by molar-refractivity contribution is -0.179. The monoisotopic (exact) mass is 472 g/mol. The summed E-state index contributed by atoms with van der Waals surface area (Å²) in [5.41, 5.74) is 0. The van der Waals surface area contributed by atoms with E-state index >= 15 is 0 Å². The van der Waals surface area contributed by atoms with Crippen LogP contribution < -0.4 is 5.32 Å². The molecule has 0 aliphatic carbocycles. The molecule has 4 saturated heterocycles. The first kappa shape index (κ1) is 24.3. The minimum atomic E-state index is -3.50. The number of ether oxygens (including phenoxy) is 2. The van der Waals surface area contributed by atoms with Crippen LogP contribution in [0.25, 0.3) is 0 Å². The molecular weight excluding hydrogens is 432 g/mol. The third kappa shape index (κ3) is 5.82. The Morgan fingerprint density at radius 2 is 1.66 bits per heavy atom. The topological polar surface area (TPSA) is 91.4 Å². The van der Waals surface area contributed by atoms with Crippen molar-refractivity contribution >= 4 is 16.1 Å². The molecule has 0 saturated carbocycles. The fourth-order valence-corrected chi connectivity index (χ4v) is 7.15. The number of carbonyl (C=O) groups excluding carboxylic acids is 1. The van der Waals surface area contributed by atoms with Gasteiger partial charge in [-0.3, -0.25) is 4.79 Å². The number of nitrogens with one attached hydrogen (secondary N) is 1. The maximum atomic E-state index is 13.1. The van der Waals surface area contributed by atoms with Crippen LogP contribution in [0.3, 0.4) is 0 Å². The van der Waals surface area contributed by atoms with Crippen LogP contribution in [0.1, 0.15) is 51.9 Å². The lowest BCUT2D eigenvalue weighted by atomic mass is 9.97. The molecule has 1 N–H and O–H groups in total. The summed E-state index contributed by atoms with van der Waals surface area (Å²) in [6, 6.07) is 0. The predicted molar refractivity (Wildman–Crippen MR) is 121 cm³/mol. The minimum absolute atomic E-state index is 0.0736. The van der Waals surface area contributed by atoms with Crippen LogP contribution in [-0.4, -0.2) is 99.2 Å². The van der Waals surface area contributed by atoms with Gasteiger partial charge in [0.25, 0.3) is 10.2 Å². The number of piperidine rings is 3. The molecule has 4 aliphatic rings. The maximum Gasteiger partial charge on any atom is 0.281 e. The van der Waals surface area contributed by atoms with Crippen molar-refractivity contribution in [3.05, 3.63) is 0 Å². The summed E-state index contributed by atoms with van der Waals surface area (Å²) in [5.74, 6) is 0.171. The second-order valence-corrected chi connectivity index (χ2v) is 11.8. The van der Waals surface area contributed by atoms with Crippen molar-refractivity contribution in [2.45, 2.75) is 57.7 Å². The van der Waals surface area contributed by atoms with Gasteiger partial charge in [0.1, 0.15) is 0 Å². The summed E-state index contributed by atoms with van der Waals surface area (Å²) in [6.45, 7) is 9.18. The highest BCUT2D eigenvalue weighted by Crippen LogP contribution is 2.33. The summed E-state index contributed by atoms with van der Waals surface area (Å²) in [5, 5.41) is 3.08. The van der Waals surface area contributed by atoms with E-state index < -0.39 is 16.0 Å². The Labute approximate surface area is 192 Å². The molecule has 32 heavy (non-hydrogen) atoms.